The second-order valence-electron chi connectivity index (χ2n) is 6.55. The van der Waals surface area contributed by atoms with Crippen LogP contribution in [0.15, 0.2) is 29.2 Å². The molecule has 0 spiro atoms. The molecule has 1 amide bonds. The molecule has 2 fully saturated rings. The summed E-state index contributed by atoms with van der Waals surface area (Å²) in [5.74, 6) is 0.238. The summed E-state index contributed by atoms with van der Waals surface area (Å²) < 4.78 is 0. The van der Waals surface area contributed by atoms with Crippen molar-refractivity contribution in [2.45, 2.75) is 29.2 Å². The van der Waals surface area contributed by atoms with E-state index in [0.29, 0.717) is 11.4 Å². The number of rotatable bonds is 1. The summed E-state index contributed by atoms with van der Waals surface area (Å²) in [4.78, 5) is 21.2. The first-order valence-corrected chi connectivity index (χ1v) is 9.11. The van der Waals surface area contributed by atoms with Crippen molar-refractivity contribution in [2.24, 2.45) is 0 Å². The first-order valence-electron chi connectivity index (χ1n) is 8.23. The molecule has 2 saturated heterocycles. The molecular weight excluding hydrogens is 294 g/mol. The average molecular weight is 317 g/mol. The molecule has 118 valence electrons. The summed E-state index contributed by atoms with van der Waals surface area (Å²) in [7, 11) is 2.19. The van der Waals surface area contributed by atoms with Crippen LogP contribution in [0, 0.1) is 0 Å². The molecule has 0 unspecified atom stereocenters. The van der Waals surface area contributed by atoms with Crippen LogP contribution in [0.25, 0.3) is 0 Å². The summed E-state index contributed by atoms with van der Waals surface area (Å²) in [6.45, 7) is 5.38. The van der Waals surface area contributed by atoms with Crippen LogP contribution in [0.5, 0.6) is 0 Å². The molecule has 0 aliphatic carbocycles. The largest absolute Gasteiger partial charge is 0.333 e. The maximum absolute atomic E-state index is 12.9. The van der Waals surface area contributed by atoms with Gasteiger partial charge in [0.2, 0.25) is 0 Å². The highest BCUT2D eigenvalue weighted by Gasteiger charge is 2.42. The minimum Gasteiger partial charge on any atom is -0.333 e. The molecule has 4 rings (SSSR count). The number of thioether (sulfide) groups is 1. The van der Waals surface area contributed by atoms with Crippen LogP contribution < -0.4 is 0 Å². The number of benzene rings is 1. The number of fused-ring (bicyclic) bond motifs is 2. The number of piperazine rings is 1. The van der Waals surface area contributed by atoms with Gasteiger partial charge in [-0.3, -0.25) is 9.69 Å². The third-order valence-corrected chi connectivity index (χ3v) is 6.62. The SMILES string of the molecule is CN1CCN([C@H]2Sc3ccccc3C(=O)N3CCC[C@H]23)CC1. The molecule has 0 N–H and O–H groups in total. The first-order chi connectivity index (χ1) is 10.7. The van der Waals surface area contributed by atoms with Crippen molar-refractivity contribution < 1.29 is 4.79 Å². The minimum absolute atomic E-state index is 0.238. The van der Waals surface area contributed by atoms with Gasteiger partial charge in [-0.15, -0.1) is 11.8 Å². The summed E-state index contributed by atoms with van der Waals surface area (Å²) in [6, 6.07) is 8.51. The Morgan fingerprint density at radius 1 is 1.09 bits per heavy atom. The highest BCUT2D eigenvalue weighted by molar-refractivity contribution is 8.00. The van der Waals surface area contributed by atoms with E-state index in [9.17, 15) is 4.79 Å². The Kier molecular flexibility index (Phi) is 3.88. The normalized spacial score (nSPS) is 30.0. The van der Waals surface area contributed by atoms with Crippen LogP contribution in [0.2, 0.25) is 0 Å². The van der Waals surface area contributed by atoms with Gasteiger partial charge in [0.15, 0.2) is 0 Å². The molecule has 4 nitrogen and oxygen atoms in total. The van der Waals surface area contributed by atoms with Gasteiger partial charge in [0.25, 0.3) is 5.91 Å². The van der Waals surface area contributed by atoms with Crippen LogP contribution in [-0.4, -0.2) is 71.8 Å². The van der Waals surface area contributed by atoms with Gasteiger partial charge in [-0.2, -0.15) is 0 Å². The highest BCUT2D eigenvalue weighted by atomic mass is 32.2. The van der Waals surface area contributed by atoms with Gasteiger partial charge in [-0.05, 0) is 32.0 Å². The minimum atomic E-state index is 0.238. The number of nitrogens with zero attached hydrogens (tertiary/aromatic N) is 3. The summed E-state index contributed by atoms with van der Waals surface area (Å²) in [5, 5.41) is 0.406. The molecule has 0 saturated carbocycles. The first kappa shape index (κ1) is 14.5. The number of hydrogen-bond acceptors (Lipinski definition) is 4. The summed E-state index contributed by atoms with van der Waals surface area (Å²) >= 11 is 1.91. The zero-order chi connectivity index (χ0) is 15.1. The van der Waals surface area contributed by atoms with Gasteiger partial charge in [0.1, 0.15) is 0 Å². The molecule has 22 heavy (non-hydrogen) atoms. The van der Waals surface area contributed by atoms with E-state index in [-0.39, 0.29) is 5.91 Å². The topological polar surface area (TPSA) is 26.8 Å². The zero-order valence-corrected chi connectivity index (χ0v) is 13.9. The number of carbonyl (C=O) groups excluding carboxylic acids is 1. The third kappa shape index (κ3) is 2.45. The summed E-state index contributed by atoms with van der Waals surface area (Å²) in [5.41, 5.74) is 0.899. The van der Waals surface area contributed by atoms with E-state index < -0.39 is 0 Å². The Labute approximate surface area is 136 Å². The van der Waals surface area contributed by atoms with Crippen molar-refractivity contribution in [2.75, 3.05) is 39.8 Å². The van der Waals surface area contributed by atoms with Crippen molar-refractivity contribution in [3.63, 3.8) is 0 Å². The van der Waals surface area contributed by atoms with E-state index in [4.69, 9.17) is 0 Å². The van der Waals surface area contributed by atoms with Crippen molar-refractivity contribution >= 4 is 17.7 Å². The lowest BCUT2D eigenvalue weighted by atomic mass is 10.1. The average Bonchev–Trinajstić information content (AvgIpc) is 2.99. The second-order valence-corrected chi connectivity index (χ2v) is 7.71. The van der Waals surface area contributed by atoms with Gasteiger partial charge in [-0.1, -0.05) is 12.1 Å². The number of likely N-dealkylation sites (N-methyl/N-ethyl adjacent to an activating group) is 1. The molecule has 0 radical (unpaired) electrons. The van der Waals surface area contributed by atoms with Gasteiger partial charge in [0.05, 0.1) is 17.0 Å². The quantitative estimate of drug-likeness (QED) is 0.791. The highest BCUT2D eigenvalue weighted by Crippen LogP contribution is 2.40. The van der Waals surface area contributed by atoms with Crippen molar-refractivity contribution in [3.8, 4) is 0 Å². The van der Waals surface area contributed by atoms with Gasteiger partial charge in [-0.25, -0.2) is 0 Å². The lowest BCUT2D eigenvalue weighted by molar-refractivity contribution is 0.0637. The molecule has 1 aromatic rings. The molecule has 3 aliphatic heterocycles. The Balaban J connectivity index is 1.67. The van der Waals surface area contributed by atoms with E-state index in [2.05, 4.69) is 33.9 Å². The van der Waals surface area contributed by atoms with Crippen LogP contribution in [-0.2, 0) is 0 Å². The fourth-order valence-electron chi connectivity index (χ4n) is 3.84. The lowest BCUT2D eigenvalue weighted by Gasteiger charge is -2.41. The van der Waals surface area contributed by atoms with Crippen LogP contribution in [0.1, 0.15) is 23.2 Å². The Hall–Kier alpha value is -1.04. The van der Waals surface area contributed by atoms with E-state index in [1.807, 2.05) is 23.9 Å². The van der Waals surface area contributed by atoms with Gasteiger partial charge in [0, 0.05) is 37.6 Å². The maximum atomic E-state index is 12.9. The predicted molar refractivity (Wildman–Crippen MR) is 89.2 cm³/mol. The van der Waals surface area contributed by atoms with E-state index in [0.717, 1.165) is 56.0 Å². The standard InChI is InChI=1S/C17H23N3OS/c1-18-9-11-19(12-10-18)17-14-6-4-8-20(14)16(21)13-5-2-3-7-15(13)22-17/h2-3,5,7,14,17H,4,6,8-12H2,1H3/t14-,17+/m1/s1. The fraction of sp³-hybridized carbons (Fsp3) is 0.588. The maximum Gasteiger partial charge on any atom is 0.255 e. The molecule has 5 heteroatoms. The lowest BCUT2D eigenvalue weighted by Crippen LogP contribution is -2.54. The molecular formula is C17H23N3OS. The summed E-state index contributed by atoms with van der Waals surface area (Å²) in [6.07, 6.45) is 2.28. The third-order valence-electron chi connectivity index (χ3n) is 5.15. The van der Waals surface area contributed by atoms with Crippen molar-refractivity contribution in [3.05, 3.63) is 29.8 Å². The van der Waals surface area contributed by atoms with E-state index in [1.54, 1.807) is 0 Å². The fourth-order valence-corrected chi connectivity index (χ4v) is 5.34. The van der Waals surface area contributed by atoms with Crippen LogP contribution in [0.3, 0.4) is 0 Å². The number of amides is 1. The van der Waals surface area contributed by atoms with Gasteiger partial charge < -0.3 is 9.80 Å². The monoisotopic (exact) mass is 317 g/mol. The van der Waals surface area contributed by atoms with E-state index >= 15 is 0 Å². The number of hydrogen-bond donors (Lipinski definition) is 0. The van der Waals surface area contributed by atoms with Gasteiger partial charge >= 0.3 is 0 Å². The van der Waals surface area contributed by atoms with Crippen molar-refractivity contribution in [1.82, 2.24) is 14.7 Å². The van der Waals surface area contributed by atoms with Crippen LogP contribution in [0.4, 0.5) is 0 Å². The smallest absolute Gasteiger partial charge is 0.255 e. The molecule has 0 aromatic heterocycles. The molecule has 3 aliphatic rings. The molecule has 1 aromatic carbocycles. The van der Waals surface area contributed by atoms with E-state index in [1.165, 1.54) is 0 Å². The second kappa shape index (κ2) is 5.87. The van der Waals surface area contributed by atoms with Crippen LogP contribution >= 0.6 is 11.8 Å². The Morgan fingerprint density at radius 3 is 2.68 bits per heavy atom. The number of carbonyl (C=O) groups is 1. The molecule has 2 atom stereocenters. The van der Waals surface area contributed by atoms with Crippen molar-refractivity contribution in [1.29, 1.82) is 0 Å². The predicted octanol–water partition coefficient (Wildman–Crippen LogP) is 1.97. The Bertz CT molecular complexity index is 571. The zero-order valence-electron chi connectivity index (χ0n) is 13.1. The molecule has 3 heterocycles. The Morgan fingerprint density at radius 2 is 1.86 bits per heavy atom. The molecule has 0 bridgehead atoms.